The number of piperidine rings is 1. The molecule has 1 aromatic carbocycles. The van der Waals surface area contributed by atoms with Crippen molar-refractivity contribution in [2.24, 2.45) is 11.5 Å². The van der Waals surface area contributed by atoms with Crippen LogP contribution in [-0.4, -0.2) is 78.9 Å². The Bertz CT molecular complexity index is 846. The van der Waals surface area contributed by atoms with E-state index in [1.807, 2.05) is 30.3 Å². The summed E-state index contributed by atoms with van der Waals surface area (Å²) in [6.45, 7) is 3.93. The van der Waals surface area contributed by atoms with E-state index >= 15 is 0 Å². The molecule has 0 saturated carbocycles. The highest BCUT2D eigenvalue weighted by Crippen LogP contribution is 2.20. The number of likely N-dealkylation sites (tertiary alicyclic amines) is 1. The summed E-state index contributed by atoms with van der Waals surface area (Å²) >= 11 is 5.95. The van der Waals surface area contributed by atoms with Crippen molar-refractivity contribution in [1.29, 1.82) is 0 Å². The van der Waals surface area contributed by atoms with Crippen LogP contribution in [0.1, 0.15) is 18.4 Å². The van der Waals surface area contributed by atoms with Crippen LogP contribution < -0.4 is 16.8 Å². The van der Waals surface area contributed by atoms with E-state index in [9.17, 15) is 9.59 Å². The van der Waals surface area contributed by atoms with E-state index in [0.717, 1.165) is 43.7 Å². The highest BCUT2D eigenvalue weighted by molar-refractivity contribution is 6.30. The number of allylic oxidation sites excluding steroid dienone is 2. The molecule has 1 atom stereocenters. The van der Waals surface area contributed by atoms with Crippen LogP contribution in [-0.2, 0) is 9.59 Å². The minimum atomic E-state index is -0.0644. The van der Waals surface area contributed by atoms with Crippen LogP contribution in [0.3, 0.4) is 0 Å². The zero-order valence-electron chi connectivity index (χ0n) is 17.9. The summed E-state index contributed by atoms with van der Waals surface area (Å²) in [5.41, 5.74) is 13.9. The van der Waals surface area contributed by atoms with Crippen LogP contribution in [0.4, 0.5) is 0 Å². The molecule has 1 aromatic rings. The lowest BCUT2D eigenvalue weighted by molar-refractivity contribution is -0.133. The zero-order chi connectivity index (χ0) is 22.4. The molecular formula is C22H31ClN6O2. The van der Waals surface area contributed by atoms with E-state index in [2.05, 4.69) is 15.1 Å². The maximum Gasteiger partial charge on any atom is 0.234 e. The molecule has 0 radical (unpaired) electrons. The molecule has 31 heavy (non-hydrogen) atoms. The molecule has 9 heteroatoms. The van der Waals surface area contributed by atoms with E-state index in [1.165, 1.54) is 6.20 Å². The largest absolute Gasteiger partial charge is 0.404 e. The normalized spacial score (nSPS) is 21.4. The minimum Gasteiger partial charge on any atom is -0.404 e. The molecule has 0 bridgehead atoms. The number of hydrogen-bond donors (Lipinski definition) is 3. The number of benzene rings is 1. The number of halogens is 1. The van der Waals surface area contributed by atoms with Gasteiger partial charge in [0.25, 0.3) is 0 Å². The fourth-order valence-electron chi connectivity index (χ4n) is 3.83. The van der Waals surface area contributed by atoms with Crippen molar-refractivity contribution in [2.45, 2.75) is 18.9 Å². The first-order chi connectivity index (χ1) is 14.9. The molecule has 5 N–H and O–H groups in total. The predicted molar refractivity (Wildman–Crippen MR) is 123 cm³/mol. The maximum absolute atomic E-state index is 12.4. The van der Waals surface area contributed by atoms with Gasteiger partial charge in [0.2, 0.25) is 11.8 Å². The Morgan fingerprint density at radius 3 is 2.48 bits per heavy atom. The summed E-state index contributed by atoms with van der Waals surface area (Å²) in [4.78, 5) is 30.1. The second-order valence-corrected chi connectivity index (χ2v) is 8.47. The van der Waals surface area contributed by atoms with Crippen LogP contribution in [0.25, 0.3) is 5.57 Å². The minimum absolute atomic E-state index is 0.0320. The van der Waals surface area contributed by atoms with E-state index < -0.39 is 0 Å². The van der Waals surface area contributed by atoms with Crippen molar-refractivity contribution in [1.82, 2.24) is 20.0 Å². The maximum atomic E-state index is 12.4. The van der Waals surface area contributed by atoms with Crippen molar-refractivity contribution >= 4 is 29.0 Å². The van der Waals surface area contributed by atoms with Crippen molar-refractivity contribution in [2.75, 3.05) is 46.3 Å². The van der Waals surface area contributed by atoms with Gasteiger partial charge in [-0.25, -0.2) is 0 Å². The molecule has 0 spiro atoms. The summed E-state index contributed by atoms with van der Waals surface area (Å²) in [6, 6.07) is 7.37. The summed E-state index contributed by atoms with van der Waals surface area (Å²) in [5, 5.41) is 3.66. The van der Waals surface area contributed by atoms with Crippen molar-refractivity contribution in [3.05, 3.63) is 52.9 Å². The Labute approximate surface area is 188 Å². The third kappa shape index (κ3) is 6.38. The molecule has 168 valence electrons. The lowest BCUT2D eigenvalue weighted by Gasteiger charge is -2.36. The van der Waals surface area contributed by atoms with Crippen LogP contribution in [0, 0.1) is 0 Å². The number of nitrogens with two attached hydrogens (primary N) is 2. The first-order valence-corrected chi connectivity index (χ1v) is 10.9. The lowest BCUT2D eigenvalue weighted by atomic mass is 10.0. The Morgan fingerprint density at radius 1 is 1.19 bits per heavy atom. The molecule has 3 rings (SSSR count). The topological polar surface area (TPSA) is 108 Å². The van der Waals surface area contributed by atoms with Crippen molar-refractivity contribution < 1.29 is 9.59 Å². The molecule has 8 nitrogen and oxygen atoms in total. The van der Waals surface area contributed by atoms with Crippen LogP contribution >= 0.6 is 11.6 Å². The third-order valence-corrected chi connectivity index (χ3v) is 6.04. The zero-order valence-corrected chi connectivity index (χ0v) is 18.6. The Hall–Kier alpha value is -2.71. The number of carbonyl (C=O) groups is 2. The number of carbonyl (C=O) groups excluding carboxylic acids is 2. The fraction of sp³-hybridized carbons (Fsp3) is 0.455. The monoisotopic (exact) mass is 446 g/mol. The van der Waals surface area contributed by atoms with E-state index in [-0.39, 0.29) is 17.9 Å². The first-order valence-electron chi connectivity index (χ1n) is 10.5. The van der Waals surface area contributed by atoms with E-state index in [0.29, 0.717) is 30.4 Å². The van der Waals surface area contributed by atoms with Gasteiger partial charge in [0.05, 0.1) is 12.4 Å². The van der Waals surface area contributed by atoms with Gasteiger partial charge in [-0.1, -0.05) is 23.7 Å². The average molecular weight is 447 g/mol. The summed E-state index contributed by atoms with van der Waals surface area (Å²) in [7, 11) is 1.79. The van der Waals surface area contributed by atoms with Crippen molar-refractivity contribution in [3.63, 3.8) is 0 Å². The second kappa shape index (κ2) is 10.5. The number of amides is 2. The van der Waals surface area contributed by atoms with Gasteiger partial charge in [-0.15, -0.1) is 0 Å². The van der Waals surface area contributed by atoms with Gasteiger partial charge >= 0.3 is 0 Å². The van der Waals surface area contributed by atoms with E-state index in [1.54, 1.807) is 11.9 Å². The van der Waals surface area contributed by atoms with Gasteiger partial charge in [0.1, 0.15) is 0 Å². The number of piperazine rings is 1. The summed E-state index contributed by atoms with van der Waals surface area (Å²) < 4.78 is 0. The predicted octanol–water partition coefficient (Wildman–Crippen LogP) is 0.794. The molecule has 2 aliphatic heterocycles. The quantitative estimate of drug-likeness (QED) is 0.558. The van der Waals surface area contributed by atoms with Gasteiger partial charge < -0.3 is 26.6 Å². The van der Waals surface area contributed by atoms with Gasteiger partial charge in [0, 0.05) is 69.0 Å². The van der Waals surface area contributed by atoms with Gasteiger partial charge in [-0.3, -0.25) is 14.5 Å². The Balaban J connectivity index is 1.47. The highest BCUT2D eigenvalue weighted by Gasteiger charge is 2.26. The molecule has 2 saturated heterocycles. The summed E-state index contributed by atoms with van der Waals surface area (Å²) in [6.07, 6.45) is 4.57. The number of hydrogen-bond acceptors (Lipinski definition) is 6. The second-order valence-electron chi connectivity index (χ2n) is 8.03. The standard InChI is InChI=1S/C22H31ClN6O2/c1-27-7-6-19(13-22(27)31)26-21(30)15-28-8-10-29(11-9-28)20(25)12-17(14-24)16-2-4-18(23)5-3-16/h2-5,12,14,19H,6-11,13,15,24-25H2,1H3,(H,26,30)/b17-14+,20-12+. The molecule has 2 aliphatic rings. The third-order valence-electron chi connectivity index (χ3n) is 5.79. The SMILES string of the molecule is CN1CCC(NC(=O)CN2CCN(/C(N)=C/C(=C\N)c3ccc(Cl)cc3)CC2)CC1=O. The van der Waals surface area contributed by atoms with Crippen LogP contribution in [0.2, 0.25) is 5.02 Å². The van der Waals surface area contributed by atoms with Crippen LogP contribution in [0.5, 0.6) is 0 Å². The Morgan fingerprint density at radius 2 is 1.87 bits per heavy atom. The molecule has 0 aliphatic carbocycles. The smallest absolute Gasteiger partial charge is 0.234 e. The number of rotatable bonds is 6. The molecule has 0 aromatic heterocycles. The average Bonchev–Trinajstić information content (AvgIpc) is 2.75. The fourth-order valence-corrected chi connectivity index (χ4v) is 3.95. The van der Waals surface area contributed by atoms with E-state index in [4.69, 9.17) is 23.1 Å². The molecule has 2 heterocycles. The first kappa shape index (κ1) is 23.0. The molecular weight excluding hydrogens is 416 g/mol. The summed E-state index contributed by atoms with van der Waals surface area (Å²) in [5.74, 6) is 0.688. The van der Waals surface area contributed by atoms with Gasteiger partial charge in [-0.2, -0.15) is 0 Å². The Kier molecular flexibility index (Phi) is 7.81. The number of nitrogens with zero attached hydrogens (tertiary/aromatic N) is 3. The van der Waals surface area contributed by atoms with Crippen molar-refractivity contribution in [3.8, 4) is 0 Å². The van der Waals surface area contributed by atoms with Gasteiger partial charge in [-0.05, 0) is 30.2 Å². The van der Waals surface area contributed by atoms with Gasteiger partial charge in [0.15, 0.2) is 0 Å². The molecule has 2 fully saturated rings. The highest BCUT2D eigenvalue weighted by atomic mass is 35.5. The van der Waals surface area contributed by atoms with Crippen LogP contribution in [0.15, 0.2) is 42.4 Å². The molecule has 2 amide bonds. The molecule has 1 unspecified atom stereocenters. The number of nitrogens with one attached hydrogen (secondary N) is 1. The lowest BCUT2D eigenvalue weighted by Crippen LogP contribution is -2.52.